The van der Waals surface area contributed by atoms with Gasteiger partial charge in [-0.15, -0.1) is 0 Å². The fourth-order valence-electron chi connectivity index (χ4n) is 2.90. The highest BCUT2D eigenvalue weighted by Crippen LogP contribution is 2.64. The quantitative estimate of drug-likeness (QED) is 0.146. The average molecular weight is 786 g/mol. The molecule has 0 fully saturated rings. The lowest BCUT2D eigenvalue weighted by Crippen LogP contribution is -2.69. The first kappa shape index (κ1) is 40.5. The normalized spacial score (nSPS) is 15.8. The van der Waals surface area contributed by atoms with Gasteiger partial charge in [0, 0.05) is 15.7 Å². The molecule has 1 aromatic carbocycles. The molecular formula is C18H4BrF24NO. The van der Waals surface area contributed by atoms with Gasteiger partial charge in [0.15, 0.2) is 0 Å². The highest BCUT2D eigenvalue weighted by Gasteiger charge is 2.91. The van der Waals surface area contributed by atoms with Gasteiger partial charge in [-0.3, -0.25) is 4.79 Å². The maximum Gasteiger partial charge on any atom is 0.460 e. The van der Waals surface area contributed by atoms with Crippen LogP contribution in [0.3, 0.4) is 0 Å². The van der Waals surface area contributed by atoms with Crippen LogP contribution >= 0.6 is 15.9 Å². The van der Waals surface area contributed by atoms with Crippen LogP contribution in [-0.2, 0) is 5.92 Å². The van der Waals surface area contributed by atoms with Gasteiger partial charge in [-0.2, -0.15) is 105 Å². The van der Waals surface area contributed by atoms with Crippen molar-refractivity contribution in [2.45, 2.75) is 65.7 Å². The highest BCUT2D eigenvalue weighted by molar-refractivity contribution is 9.10. The van der Waals surface area contributed by atoms with Crippen LogP contribution in [0, 0.1) is 0 Å². The third-order valence-electron chi connectivity index (χ3n) is 5.49. The number of hydrogen-bond donors (Lipinski definition) is 1. The van der Waals surface area contributed by atoms with Crippen molar-refractivity contribution in [3.63, 3.8) is 0 Å². The number of ketones is 1. The van der Waals surface area contributed by atoms with Crippen molar-refractivity contribution in [3.05, 3.63) is 27.7 Å². The molecule has 0 saturated heterocycles. The number of nitrogens with two attached hydrogens (primary N) is 1. The Morgan fingerprint density at radius 1 is 0.489 bits per heavy atom. The summed E-state index contributed by atoms with van der Waals surface area (Å²) >= 11 is 1.36. The number of nitrogen functional groups attached to an aromatic ring is 1. The van der Waals surface area contributed by atoms with E-state index in [0.29, 0.717) is 0 Å². The number of carbonyl (C=O) groups excluding carboxylic acids is 1. The molecule has 0 radical (unpaired) electrons. The lowest BCUT2D eigenvalue weighted by molar-refractivity contribution is -0.441. The second-order valence-electron chi connectivity index (χ2n) is 8.39. The molecule has 0 aliphatic heterocycles. The van der Waals surface area contributed by atoms with E-state index in [4.69, 9.17) is 0 Å². The number of alkyl halides is 24. The highest BCUT2D eigenvalue weighted by atomic mass is 79.9. The Balaban J connectivity index is 4.00. The van der Waals surface area contributed by atoms with E-state index in [2.05, 4.69) is 5.73 Å². The zero-order valence-corrected chi connectivity index (χ0v) is 21.2. The molecule has 27 heteroatoms. The number of rotatable bonds is 10. The van der Waals surface area contributed by atoms with E-state index >= 15 is 0 Å². The van der Waals surface area contributed by atoms with Gasteiger partial charge >= 0.3 is 65.7 Å². The standard InChI is InChI=1S/C18H4BrF24NO/c19-6-3(7(45)9(22,23)11(26,27)13(30,31)15(34,35)17(38,39)40)1-2-4(44)5(6)8(20,21)10(24,25)12(28,29)14(32,33)16(36,37)18(41,42)43/h1-2H,44H2. The summed E-state index contributed by atoms with van der Waals surface area (Å²) in [6.45, 7) is 0. The van der Waals surface area contributed by atoms with Crippen molar-refractivity contribution >= 4 is 27.4 Å². The number of halogens is 25. The summed E-state index contributed by atoms with van der Waals surface area (Å²) in [4.78, 5) is 11.9. The predicted molar refractivity (Wildman–Crippen MR) is 98.5 cm³/mol. The first-order valence-corrected chi connectivity index (χ1v) is 10.7. The Hall–Kier alpha value is -2.51. The summed E-state index contributed by atoms with van der Waals surface area (Å²) < 4.78 is 318. The van der Waals surface area contributed by atoms with Crippen molar-refractivity contribution in [2.75, 3.05) is 5.73 Å². The molecule has 1 aromatic rings. The van der Waals surface area contributed by atoms with Crippen molar-refractivity contribution in [1.82, 2.24) is 0 Å². The van der Waals surface area contributed by atoms with E-state index in [1.807, 2.05) is 0 Å². The van der Waals surface area contributed by atoms with Crippen molar-refractivity contribution in [3.8, 4) is 0 Å². The van der Waals surface area contributed by atoms with Gasteiger partial charge in [0.1, 0.15) is 0 Å². The maximum absolute atomic E-state index is 14.6. The smallest absolute Gasteiger partial charge is 0.398 e. The van der Waals surface area contributed by atoms with Crippen LogP contribution in [0.4, 0.5) is 111 Å². The number of hydrogen-bond acceptors (Lipinski definition) is 2. The Labute approximate surface area is 237 Å². The molecule has 0 amide bonds. The van der Waals surface area contributed by atoms with E-state index < -0.39 is 105 Å². The van der Waals surface area contributed by atoms with Crippen molar-refractivity contribution in [1.29, 1.82) is 0 Å². The van der Waals surface area contributed by atoms with E-state index in [-0.39, 0.29) is 0 Å². The fraction of sp³-hybridized carbons (Fsp3) is 0.611. The Bertz CT molecular complexity index is 1310. The number of Topliss-reactive ketones (excluding diaryl/α,β-unsaturated/α-hetero) is 1. The van der Waals surface area contributed by atoms with Crippen LogP contribution in [0.5, 0.6) is 0 Å². The van der Waals surface area contributed by atoms with E-state index in [1.165, 1.54) is 15.9 Å². The largest absolute Gasteiger partial charge is 0.460 e. The molecule has 0 aliphatic carbocycles. The van der Waals surface area contributed by atoms with Gasteiger partial charge in [-0.1, -0.05) is 0 Å². The van der Waals surface area contributed by atoms with Crippen molar-refractivity contribution in [2.24, 2.45) is 0 Å². The predicted octanol–water partition coefficient (Wildman–Crippen LogP) is 9.51. The number of carbonyl (C=O) groups is 1. The molecule has 0 aliphatic rings. The van der Waals surface area contributed by atoms with Crippen LogP contribution < -0.4 is 5.73 Å². The summed E-state index contributed by atoms with van der Waals surface area (Å²) in [5.74, 6) is -77.8. The van der Waals surface area contributed by atoms with E-state index in [1.54, 1.807) is 0 Å². The lowest BCUT2D eigenvalue weighted by atomic mass is 9.87. The summed E-state index contributed by atoms with van der Waals surface area (Å²) in [7, 11) is 0. The van der Waals surface area contributed by atoms with Crippen LogP contribution in [0.2, 0.25) is 0 Å². The molecule has 2 nitrogen and oxygen atoms in total. The molecule has 45 heavy (non-hydrogen) atoms. The zero-order chi connectivity index (χ0) is 36.8. The van der Waals surface area contributed by atoms with E-state index in [9.17, 15) is 110 Å². The minimum atomic E-state index is -8.57. The molecule has 2 N–H and O–H groups in total. The molecule has 0 heterocycles. The average Bonchev–Trinajstić information content (AvgIpc) is 2.81. The molecule has 0 aromatic heterocycles. The molecule has 262 valence electrons. The van der Waals surface area contributed by atoms with Gasteiger partial charge < -0.3 is 5.73 Å². The minimum Gasteiger partial charge on any atom is -0.398 e. The summed E-state index contributed by atoms with van der Waals surface area (Å²) in [5.41, 5.74) is -4.12. The first-order valence-electron chi connectivity index (χ1n) is 9.88. The first-order chi connectivity index (χ1) is 19.2. The summed E-state index contributed by atoms with van der Waals surface area (Å²) in [6, 6.07) is -1.40. The maximum atomic E-state index is 14.6. The molecule has 0 unspecified atom stereocenters. The monoisotopic (exact) mass is 785 g/mol. The van der Waals surface area contributed by atoms with E-state index in [0.717, 1.165) is 0 Å². The minimum absolute atomic E-state index is 0.700. The second-order valence-corrected chi connectivity index (χ2v) is 9.18. The van der Waals surface area contributed by atoms with Crippen molar-refractivity contribution < 1.29 is 110 Å². The molecule has 0 saturated carbocycles. The molecule has 0 bridgehead atoms. The van der Waals surface area contributed by atoms with Crippen LogP contribution in [0.25, 0.3) is 0 Å². The summed E-state index contributed by atoms with van der Waals surface area (Å²) in [5, 5.41) is 0. The topological polar surface area (TPSA) is 43.1 Å². The third-order valence-corrected chi connectivity index (χ3v) is 6.31. The Morgan fingerprint density at radius 2 is 0.800 bits per heavy atom. The van der Waals surface area contributed by atoms with Gasteiger partial charge in [0.25, 0.3) is 0 Å². The lowest BCUT2D eigenvalue weighted by Gasteiger charge is -2.40. The van der Waals surface area contributed by atoms with Gasteiger partial charge in [0.2, 0.25) is 5.78 Å². The van der Waals surface area contributed by atoms with Crippen LogP contribution in [-0.4, -0.2) is 65.5 Å². The second kappa shape index (κ2) is 10.5. The van der Waals surface area contributed by atoms with Gasteiger partial charge in [0.05, 0.1) is 5.56 Å². The zero-order valence-electron chi connectivity index (χ0n) is 19.6. The van der Waals surface area contributed by atoms with Crippen LogP contribution in [0.1, 0.15) is 15.9 Å². The van der Waals surface area contributed by atoms with Gasteiger partial charge in [-0.25, -0.2) is 0 Å². The molecular weight excluding hydrogens is 782 g/mol. The number of anilines is 1. The Morgan fingerprint density at radius 3 is 1.13 bits per heavy atom. The molecule has 1 rings (SSSR count). The third kappa shape index (κ3) is 5.21. The van der Waals surface area contributed by atoms with Gasteiger partial charge in [-0.05, 0) is 28.1 Å². The SMILES string of the molecule is Nc1ccc(C(=O)C(F)(F)C(F)(F)C(F)(F)C(F)(F)C(F)(F)F)c(Br)c1C(F)(F)C(F)(F)C(F)(F)C(F)(F)C(F)(F)C(F)(F)F. The fourth-order valence-corrected chi connectivity index (χ4v) is 3.69. The number of benzene rings is 1. The molecule has 0 atom stereocenters. The Kier molecular flexibility index (Phi) is 9.45. The summed E-state index contributed by atoms with van der Waals surface area (Å²) in [6.07, 6.45) is -15.7. The molecule has 0 spiro atoms. The van der Waals surface area contributed by atoms with Crippen LogP contribution in [0.15, 0.2) is 16.6 Å².